The van der Waals surface area contributed by atoms with Gasteiger partial charge in [-0.25, -0.2) is 0 Å². The number of benzene rings is 3. The average molecular weight is 262 g/mol. The van der Waals surface area contributed by atoms with E-state index in [2.05, 4.69) is 37.3 Å². The highest BCUT2D eigenvalue weighted by Gasteiger charge is 2.12. The highest BCUT2D eigenvalue weighted by Crippen LogP contribution is 2.28. The second-order valence-electron chi connectivity index (χ2n) is 5.22. The van der Waals surface area contributed by atoms with Crippen molar-refractivity contribution in [1.82, 2.24) is 0 Å². The summed E-state index contributed by atoms with van der Waals surface area (Å²) >= 11 is 0. The van der Waals surface area contributed by atoms with Crippen LogP contribution in [0.4, 0.5) is 0 Å². The Bertz CT molecular complexity index is 716. The predicted octanol–water partition coefficient (Wildman–Crippen LogP) is 4.42. The standard InChI is InChI=1S/C19H18O/c1-14-11-12-18(17-10-6-5-9-16(14)17)19(20)13-15-7-3-2-4-8-15/h2-12,19-20H,13H2,1H3. The maximum Gasteiger partial charge on any atom is 0.0836 e. The summed E-state index contributed by atoms with van der Waals surface area (Å²) in [7, 11) is 0. The Morgan fingerprint density at radius 1 is 0.800 bits per heavy atom. The third-order valence-electron chi connectivity index (χ3n) is 3.81. The van der Waals surface area contributed by atoms with E-state index in [1.54, 1.807) is 0 Å². The highest BCUT2D eigenvalue weighted by molar-refractivity contribution is 5.88. The van der Waals surface area contributed by atoms with Crippen molar-refractivity contribution in [3.63, 3.8) is 0 Å². The van der Waals surface area contributed by atoms with Crippen LogP contribution in [0.15, 0.2) is 66.7 Å². The first-order valence-electron chi connectivity index (χ1n) is 6.96. The lowest BCUT2D eigenvalue weighted by Crippen LogP contribution is -2.03. The van der Waals surface area contributed by atoms with Crippen molar-refractivity contribution >= 4 is 10.8 Å². The Morgan fingerprint density at radius 2 is 1.45 bits per heavy atom. The molecule has 20 heavy (non-hydrogen) atoms. The Hall–Kier alpha value is -2.12. The van der Waals surface area contributed by atoms with Crippen LogP contribution in [0.2, 0.25) is 0 Å². The quantitative estimate of drug-likeness (QED) is 0.740. The molecule has 0 amide bonds. The molecule has 3 aromatic rings. The number of hydrogen-bond donors (Lipinski definition) is 1. The van der Waals surface area contributed by atoms with Crippen molar-refractivity contribution in [3.05, 3.63) is 83.4 Å². The number of aryl methyl sites for hydroxylation is 1. The van der Waals surface area contributed by atoms with E-state index in [-0.39, 0.29) is 0 Å². The lowest BCUT2D eigenvalue weighted by Gasteiger charge is -2.15. The van der Waals surface area contributed by atoms with Crippen LogP contribution in [0.25, 0.3) is 10.8 Å². The molecule has 0 aliphatic heterocycles. The van der Waals surface area contributed by atoms with Crippen molar-refractivity contribution < 1.29 is 5.11 Å². The van der Waals surface area contributed by atoms with Gasteiger partial charge in [-0.15, -0.1) is 0 Å². The van der Waals surface area contributed by atoms with E-state index < -0.39 is 6.10 Å². The molecule has 0 fully saturated rings. The van der Waals surface area contributed by atoms with Gasteiger partial charge in [-0.05, 0) is 34.4 Å². The summed E-state index contributed by atoms with van der Waals surface area (Å²) in [4.78, 5) is 0. The number of hydrogen-bond acceptors (Lipinski definition) is 1. The van der Waals surface area contributed by atoms with Gasteiger partial charge in [0, 0.05) is 6.42 Å². The molecule has 0 heterocycles. The molecule has 1 heteroatoms. The Kier molecular flexibility index (Phi) is 3.53. The molecule has 3 rings (SSSR count). The fourth-order valence-electron chi connectivity index (χ4n) is 2.71. The lowest BCUT2D eigenvalue weighted by atomic mass is 9.94. The highest BCUT2D eigenvalue weighted by atomic mass is 16.3. The normalized spacial score (nSPS) is 12.5. The van der Waals surface area contributed by atoms with Crippen molar-refractivity contribution in [3.8, 4) is 0 Å². The van der Waals surface area contributed by atoms with Crippen LogP contribution in [0.1, 0.15) is 22.8 Å². The zero-order valence-electron chi connectivity index (χ0n) is 11.6. The molecule has 3 aromatic carbocycles. The van der Waals surface area contributed by atoms with Gasteiger partial charge in [-0.1, -0.05) is 66.7 Å². The molecule has 1 unspecified atom stereocenters. The van der Waals surface area contributed by atoms with Gasteiger partial charge in [0.1, 0.15) is 0 Å². The zero-order chi connectivity index (χ0) is 13.9. The molecule has 1 N–H and O–H groups in total. The van der Waals surface area contributed by atoms with Crippen LogP contribution in [0.3, 0.4) is 0 Å². The molecule has 0 saturated heterocycles. The van der Waals surface area contributed by atoms with E-state index >= 15 is 0 Å². The maximum absolute atomic E-state index is 10.6. The fourth-order valence-corrected chi connectivity index (χ4v) is 2.71. The first kappa shape index (κ1) is 12.9. The van der Waals surface area contributed by atoms with Crippen LogP contribution < -0.4 is 0 Å². The molecule has 100 valence electrons. The van der Waals surface area contributed by atoms with Crippen LogP contribution in [0, 0.1) is 6.92 Å². The Labute approximate surface area is 119 Å². The van der Waals surface area contributed by atoms with Crippen LogP contribution in [-0.2, 0) is 6.42 Å². The average Bonchev–Trinajstić information content (AvgIpc) is 2.49. The van der Waals surface area contributed by atoms with Crippen molar-refractivity contribution in [2.24, 2.45) is 0 Å². The summed E-state index contributed by atoms with van der Waals surface area (Å²) in [6.45, 7) is 2.11. The van der Waals surface area contributed by atoms with Gasteiger partial charge in [-0.3, -0.25) is 0 Å². The first-order chi connectivity index (χ1) is 9.75. The van der Waals surface area contributed by atoms with E-state index in [0.29, 0.717) is 6.42 Å². The second kappa shape index (κ2) is 5.48. The maximum atomic E-state index is 10.6. The molecule has 0 spiro atoms. The topological polar surface area (TPSA) is 20.2 Å². The summed E-state index contributed by atoms with van der Waals surface area (Å²) in [5.74, 6) is 0. The van der Waals surface area contributed by atoms with Gasteiger partial charge in [0.05, 0.1) is 6.10 Å². The second-order valence-corrected chi connectivity index (χ2v) is 5.22. The third kappa shape index (κ3) is 2.45. The Morgan fingerprint density at radius 3 is 2.20 bits per heavy atom. The lowest BCUT2D eigenvalue weighted by molar-refractivity contribution is 0.180. The molecule has 0 radical (unpaired) electrons. The van der Waals surface area contributed by atoms with Gasteiger partial charge >= 0.3 is 0 Å². The molecule has 0 saturated carbocycles. The monoisotopic (exact) mass is 262 g/mol. The van der Waals surface area contributed by atoms with Gasteiger partial charge in [0.2, 0.25) is 0 Å². The molecular formula is C19H18O. The molecule has 0 aromatic heterocycles. The Balaban J connectivity index is 2.00. The van der Waals surface area contributed by atoms with Crippen LogP contribution in [-0.4, -0.2) is 5.11 Å². The summed E-state index contributed by atoms with van der Waals surface area (Å²) in [6, 6.07) is 22.5. The zero-order valence-corrected chi connectivity index (χ0v) is 11.6. The number of aliphatic hydroxyl groups is 1. The summed E-state index contributed by atoms with van der Waals surface area (Å²) < 4.78 is 0. The van der Waals surface area contributed by atoms with E-state index in [1.807, 2.05) is 36.4 Å². The number of fused-ring (bicyclic) bond motifs is 1. The predicted molar refractivity (Wildman–Crippen MR) is 83.8 cm³/mol. The molecule has 0 aliphatic carbocycles. The minimum atomic E-state index is -0.470. The minimum absolute atomic E-state index is 0.470. The van der Waals surface area contributed by atoms with E-state index in [0.717, 1.165) is 16.5 Å². The van der Waals surface area contributed by atoms with Gasteiger partial charge in [0.25, 0.3) is 0 Å². The fraction of sp³-hybridized carbons (Fsp3) is 0.158. The van der Waals surface area contributed by atoms with E-state index in [1.165, 1.54) is 10.9 Å². The van der Waals surface area contributed by atoms with Crippen molar-refractivity contribution in [1.29, 1.82) is 0 Å². The van der Waals surface area contributed by atoms with E-state index in [4.69, 9.17) is 0 Å². The summed E-state index contributed by atoms with van der Waals surface area (Å²) in [6.07, 6.45) is 0.177. The number of rotatable bonds is 3. The van der Waals surface area contributed by atoms with Crippen molar-refractivity contribution in [2.45, 2.75) is 19.4 Å². The molecule has 0 aliphatic rings. The SMILES string of the molecule is Cc1ccc(C(O)Cc2ccccc2)c2ccccc12. The summed E-state index contributed by atoms with van der Waals surface area (Å²) in [5.41, 5.74) is 3.41. The molecule has 0 bridgehead atoms. The number of aliphatic hydroxyl groups excluding tert-OH is 1. The van der Waals surface area contributed by atoms with Crippen LogP contribution in [0.5, 0.6) is 0 Å². The smallest absolute Gasteiger partial charge is 0.0836 e. The third-order valence-corrected chi connectivity index (χ3v) is 3.81. The van der Waals surface area contributed by atoms with Crippen LogP contribution >= 0.6 is 0 Å². The van der Waals surface area contributed by atoms with Gasteiger partial charge in [-0.2, -0.15) is 0 Å². The van der Waals surface area contributed by atoms with Gasteiger partial charge < -0.3 is 5.11 Å². The van der Waals surface area contributed by atoms with E-state index in [9.17, 15) is 5.11 Å². The summed E-state index contributed by atoms with van der Waals surface area (Å²) in [5, 5.41) is 12.9. The molecule has 1 nitrogen and oxygen atoms in total. The first-order valence-corrected chi connectivity index (χ1v) is 6.96. The molecule has 1 atom stereocenters. The van der Waals surface area contributed by atoms with Gasteiger partial charge in [0.15, 0.2) is 0 Å². The molecular weight excluding hydrogens is 244 g/mol. The minimum Gasteiger partial charge on any atom is -0.388 e. The largest absolute Gasteiger partial charge is 0.388 e. The van der Waals surface area contributed by atoms with Crippen molar-refractivity contribution in [2.75, 3.05) is 0 Å².